The monoisotopic (exact) mass is 259 g/mol. The molecule has 0 aliphatic rings. The van der Waals surface area contributed by atoms with Gasteiger partial charge in [0.05, 0.1) is 0 Å². The van der Waals surface area contributed by atoms with Gasteiger partial charge >= 0.3 is 0 Å². The lowest BCUT2D eigenvalue weighted by molar-refractivity contribution is -0.118. The molecule has 0 radical (unpaired) electrons. The van der Waals surface area contributed by atoms with Gasteiger partial charge in [-0.1, -0.05) is 12.1 Å². The number of aromatic nitrogens is 2. The molecule has 0 aliphatic heterocycles. The number of hydrogen-bond acceptors (Lipinski definition) is 3. The number of nitrogens with one attached hydrogen (secondary N) is 1. The van der Waals surface area contributed by atoms with Gasteiger partial charge in [0, 0.05) is 19.3 Å². The molecular formula is C14H17N3O2. The van der Waals surface area contributed by atoms with Gasteiger partial charge in [-0.25, -0.2) is 0 Å². The van der Waals surface area contributed by atoms with Crippen LogP contribution in [0.4, 0.5) is 5.82 Å². The van der Waals surface area contributed by atoms with E-state index in [1.165, 1.54) is 0 Å². The van der Waals surface area contributed by atoms with Gasteiger partial charge in [-0.3, -0.25) is 9.48 Å². The minimum atomic E-state index is -0.223. The molecule has 2 rings (SSSR count). The third kappa shape index (κ3) is 3.34. The lowest BCUT2D eigenvalue weighted by Crippen LogP contribution is -2.20. The maximum atomic E-state index is 11.7. The molecule has 0 spiro atoms. The van der Waals surface area contributed by atoms with Crippen LogP contribution in [0.15, 0.2) is 30.5 Å². The van der Waals surface area contributed by atoms with Gasteiger partial charge in [0.2, 0.25) is 0 Å². The van der Waals surface area contributed by atoms with Crippen LogP contribution >= 0.6 is 0 Å². The summed E-state index contributed by atoms with van der Waals surface area (Å²) < 4.78 is 7.14. The molecule has 19 heavy (non-hydrogen) atoms. The summed E-state index contributed by atoms with van der Waals surface area (Å²) in [6.45, 7) is 3.96. The molecule has 2 aromatic rings. The summed E-state index contributed by atoms with van der Waals surface area (Å²) in [4.78, 5) is 11.7. The highest BCUT2D eigenvalue weighted by Gasteiger charge is 2.07. The largest absolute Gasteiger partial charge is 0.483 e. The van der Waals surface area contributed by atoms with Crippen molar-refractivity contribution in [2.75, 3.05) is 11.9 Å². The number of nitrogens with zero attached hydrogens (tertiary/aromatic N) is 2. The normalized spacial score (nSPS) is 10.3. The lowest BCUT2D eigenvalue weighted by Gasteiger charge is -2.10. The fourth-order valence-electron chi connectivity index (χ4n) is 1.68. The predicted molar refractivity (Wildman–Crippen MR) is 73.2 cm³/mol. The molecular weight excluding hydrogens is 242 g/mol. The average Bonchev–Trinajstić information content (AvgIpc) is 2.76. The number of benzene rings is 1. The van der Waals surface area contributed by atoms with Crippen LogP contribution < -0.4 is 10.1 Å². The smallest absolute Gasteiger partial charge is 0.263 e. The Morgan fingerprint density at radius 3 is 2.84 bits per heavy atom. The van der Waals surface area contributed by atoms with E-state index >= 15 is 0 Å². The Labute approximate surface area is 112 Å². The number of hydrogen-bond donors (Lipinski definition) is 1. The van der Waals surface area contributed by atoms with Crippen LogP contribution in [-0.2, 0) is 11.8 Å². The molecule has 5 nitrogen and oxygen atoms in total. The van der Waals surface area contributed by atoms with Crippen molar-refractivity contribution in [3.8, 4) is 5.75 Å². The summed E-state index contributed by atoms with van der Waals surface area (Å²) >= 11 is 0. The molecule has 1 aromatic carbocycles. The Morgan fingerprint density at radius 1 is 1.37 bits per heavy atom. The topological polar surface area (TPSA) is 56.1 Å². The fourth-order valence-corrected chi connectivity index (χ4v) is 1.68. The molecule has 100 valence electrons. The van der Waals surface area contributed by atoms with Crippen LogP contribution in [0.5, 0.6) is 5.75 Å². The van der Waals surface area contributed by atoms with Crippen LogP contribution in [0.3, 0.4) is 0 Å². The number of ether oxygens (including phenoxy) is 1. The van der Waals surface area contributed by atoms with Crippen molar-refractivity contribution in [2.24, 2.45) is 7.05 Å². The van der Waals surface area contributed by atoms with Crippen LogP contribution in [0, 0.1) is 13.8 Å². The molecule has 1 amide bonds. The van der Waals surface area contributed by atoms with Crippen LogP contribution in [0.25, 0.3) is 0 Å². The zero-order valence-corrected chi connectivity index (χ0v) is 11.3. The van der Waals surface area contributed by atoms with Crippen molar-refractivity contribution in [1.29, 1.82) is 0 Å². The van der Waals surface area contributed by atoms with E-state index < -0.39 is 0 Å². The second-order valence-electron chi connectivity index (χ2n) is 4.41. The number of carbonyl (C=O) groups excluding carboxylic acids is 1. The van der Waals surface area contributed by atoms with E-state index in [4.69, 9.17) is 4.74 Å². The van der Waals surface area contributed by atoms with Gasteiger partial charge in [-0.2, -0.15) is 5.10 Å². The van der Waals surface area contributed by atoms with Crippen molar-refractivity contribution >= 4 is 11.7 Å². The highest BCUT2D eigenvalue weighted by Crippen LogP contribution is 2.20. The maximum absolute atomic E-state index is 11.7. The zero-order valence-electron chi connectivity index (χ0n) is 11.3. The van der Waals surface area contributed by atoms with Crippen molar-refractivity contribution in [1.82, 2.24) is 9.78 Å². The average molecular weight is 259 g/mol. The van der Waals surface area contributed by atoms with Crippen LogP contribution in [0.1, 0.15) is 11.1 Å². The Kier molecular flexibility index (Phi) is 3.85. The van der Waals surface area contributed by atoms with Gasteiger partial charge in [0.25, 0.3) is 5.91 Å². The quantitative estimate of drug-likeness (QED) is 0.914. The number of anilines is 1. The van der Waals surface area contributed by atoms with E-state index in [9.17, 15) is 4.79 Å². The minimum Gasteiger partial charge on any atom is -0.483 e. The third-order valence-electron chi connectivity index (χ3n) is 2.89. The third-order valence-corrected chi connectivity index (χ3v) is 2.89. The molecule has 1 aromatic heterocycles. The predicted octanol–water partition coefficient (Wildman–Crippen LogP) is 2.05. The number of carbonyl (C=O) groups is 1. The second-order valence-corrected chi connectivity index (χ2v) is 4.41. The number of amides is 1. The molecule has 0 aliphatic carbocycles. The first-order chi connectivity index (χ1) is 9.06. The number of aryl methyl sites for hydroxylation is 2. The Bertz CT molecular complexity index is 590. The summed E-state index contributed by atoms with van der Waals surface area (Å²) in [7, 11) is 1.79. The summed E-state index contributed by atoms with van der Waals surface area (Å²) in [6, 6.07) is 7.51. The Morgan fingerprint density at radius 2 is 2.16 bits per heavy atom. The Balaban J connectivity index is 1.91. The molecule has 0 bridgehead atoms. The zero-order chi connectivity index (χ0) is 13.8. The summed E-state index contributed by atoms with van der Waals surface area (Å²) in [5.74, 6) is 1.04. The van der Waals surface area contributed by atoms with Crippen LogP contribution in [-0.4, -0.2) is 22.3 Å². The summed E-state index contributed by atoms with van der Waals surface area (Å²) in [6.07, 6.45) is 1.77. The molecule has 1 N–H and O–H groups in total. The molecule has 0 atom stereocenters. The standard InChI is InChI=1S/C14H17N3O2/c1-10-5-4-6-12(11(10)2)19-9-14(18)15-13-7-8-17(3)16-13/h4-8H,9H2,1-3H3,(H,15,16,18). The molecule has 5 heteroatoms. The first-order valence-electron chi connectivity index (χ1n) is 6.05. The summed E-state index contributed by atoms with van der Waals surface area (Å²) in [5, 5.41) is 6.74. The second kappa shape index (κ2) is 5.56. The van der Waals surface area contributed by atoms with Gasteiger partial charge in [0.15, 0.2) is 12.4 Å². The first-order valence-corrected chi connectivity index (χ1v) is 6.05. The molecule has 0 unspecified atom stereocenters. The highest BCUT2D eigenvalue weighted by atomic mass is 16.5. The van der Waals surface area contributed by atoms with Crippen LogP contribution in [0.2, 0.25) is 0 Å². The highest BCUT2D eigenvalue weighted by molar-refractivity contribution is 5.90. The number of rotatable bonds is 4. The van der Waals surface area contributed by atoms with E-state index in [2.05, 4.69) is 10.4 Å². The van der Waals surface area contributed by atoms with Gasteiger partial charge in [-0.15, -0.1) is 0 Å². The van der Waals surface area contributed by atoms with Crippen molar-refractivity contribution in [3.63, 3.8) is 0 Å². The van der Waals surface area contributed by atoms with Gasteiger partial charge < -0.3 is 10.1 Å². The van der Waals surface area contributed by atoms with E-state index in [0.717, 1.165) is 16.9 Å². The molecule has 1 heterocycles. The maximum Gasteiger partial charge on any atom is 0.263 e. The first kappa shape index (κ1) is 13.1. The van der Waals surface area contributed by atoms with E-state index in [1.807, 2.05) is 32.0 Å². The lowest BCUT2D eigenvalue weighted by atomic mass is 10.1. The minimum absolute atomic E-state index is 0.0269. The van der Waals surface area contributed by atoms with Crippen molar-refractivity contribution in [3.05, 3.63) is 41.6 Å². The Hall–Kier alpha value is -2.30. The molecule has 0 saturated carbocycles. The van der Waals surface area contributed by atoms with Gasteiger partial charge in [0.1, 0.15) is 5.75 Å². The summed E-state index contributed by atoms with van der Waals surface area (Å²) in [5.41, 5.74) is 2.19. The molecule has 0 fully saturated rings. The van der Waals surface area contributed by atoms with Gasteiger partial charge in [-0.05, 0) is 31.0 Å². The SMILES string of the molecule is Cc1cccc(OCC(=O)Nc2ccn(C)n2)c1C. The molecule has 0 saturated heterocycles. The van der Waals surface area contributed by atoms with E-state index in [0.29, 0.717) is 5.82 Å². The van der Waals surface area contributed by atoms with Crippen molar-refractivity contribution in [2.45, 2.75) is 13.8 Å². The fraction of sp³-hybridized carbons (Fsp3) is 0.286. The van der Waals surface area contributed by atoms with E-state index in [-0.39, 0.29) is 12.5 Å². The van der Waals surface area contributed by atoms with Crippen molar-refractivity contribution < 1.29 is 9.53 Å². The van der Waals surface area contributed by atoms with E-state index in [1.54, 1.807) is 24.0 Å².